The third-order valence-electron chi connectivity index (χ3n) is 4.00. The van der Waals surface area contributed by atoms with Crippen LogP contribution < -0.4 is 5.63 Å². The van der Waals surface area contributed by atoms with Gasteiger partial charge in [-0.25, -0.2) is 4.79 Å². The number of nitrogens with zero attached hydrogens (tertiary/aromatic N) is 1. The number of hydrogen-bond acceptors (Lipinski definition) is 4. The number of nitriles is 1. The van der Waals surface area contributed by atoms with Crippen molar-refractivity contribution in [1.29, 1.82) is 5.26 Å². The number of benzene rings is 1. The number of carbonyl (C=O) groups excluding carboxylic acids is 1. The number of ketones is 1. The van der Waals surface area contributed by atoms with Crippen LogP contribution in [0.2, 0.25) is 5.02 Å². The Labute approximate surface area is 138 Å². The minimum Gasteiger partial charge on any atom is -0.426 e. The molecule has 4 nitrogen and oxygen atoms in total. The zero-order valence-electron chi connectivity index (χ0n) is 12.8. The summed E-state index contributed by atoms with van der Waals surface area (Å²) in [6.07, 6.45) is 0.828. The van der Waals surface area contributed by atoms with Gasteiger partial charge >= 0.3 is 5.63 Å². The summed E-state index contributed by atoms with van der Waals surface area (Å²) in [6, 6.07) is 8.60. The van der Waals surface area contributed by atoms with E-state index in [1.807, 2.05) is 19.9 Å². The largest absolute Gasteiger partial charge is 0.426 e. The summed E-state index contributed by atoms with van der Waals surface area (Å²) in [5.74, 6) is 0.252. The molecule has 116 valence electrons. The molecule has 0 N–H and O–H groups in total. The predicted octanol–water partition coefficient (Wildman–Crippen LogP) is 3.99. The summed E-state index contributed by atoms with van der Waals surface area (Å²) in [5, 5.41) is 9.90. The summed E-state index contributed by atoms with van der Waals surface area (Å²) >= 11 is 5.90. The summed E-state index contributed by atoms with van der Waals surface area (Å²) in [4.78, 5) is 24.8. The maximum atomic E-state index is 12.6. The van der Waals surface area contributed by atoms with Gasteiger partial charge in [0.25, 0.3) is 0 Å². The van der Waals surface area contributed by atoms with Crippen LogP contribution in [-0.4, -0.2) is 5.78 Å². The predicted molar refractivity (Wildman–Crippen MR) is 86.6 cm³/mol. The van der Waals surface area contributed by atoms with Gasteiger partial charge in [-0.3, -0.25) is 4.79 Å². The average Bonchev–Trinajstić information content (AvgIpc) is 2.45. The Morgan fingerprint density at radius 1 is 1.13 bits per heavy atom. The van der Waals surface area contributed by atoms with E-state index in [0.717, 1.165) is 0 Å². The quantitative estimate of drug-likeness (QED) is 0.794. The molecule has 0 atom stereocenters. The lowest BCUT2D eigenvalue weighted by Crippen LogP contribution is -2.29. The molecule has 0 amide bonds. The van der Waals surface area contributed by atoms with E-state index in [9.17, 15) is 14.9 Å². The lowest BCUT2D eigenvalue weighted by molar-refractivity contribution is 0.0898. The zero-order valence-corrected chi connectivity index (χ0v) is 13.5. The molecule has 0 bridgehead atoms. The first-order valence-corrected chi connectivity index (χ1v) is 7.59. The van der Waals surface area contributed by atoms with Gasteiger partial charge in [0.05, 0.1) is 5.56 Å². The lowest BCUT2D eigenvalue weighted by atomic mass is 9.74. The van der Waals surface area contributed by atoms with E-state index in [-0.39, 0.29) is 16.8 Å². The molecule has 1 heterocycles. The van der Waals surface area contributed by atoms with Crippen molar-refractivity contribution in [3.63, 3.8) is 0 Å². The topological polar surface area (TPSA) is 71.1 Å². The number of halogens is 1. The Balaban J connectivity index is 2.37. The minimum absolute atomic E-state index is 0.110. The molecular weight excluding hydrogens is 314 g/mol. The highest BCUT2D eigenvalue weighted by Gasteiger charge is 2.36. The van der Waals surface area contributed by atoms with E-state index in [2.05, 4.69) is 0 Å². The minimum atomic E-state index is -0.707. The van der Waals surface area contributed by atoms with Crippen LogP contribution in [-0.2, 0) is 6.42 Å². The van der Waals surface area contributed by atoms with Gasteiger partial charge in [0.1, 0.15) is 17.4 Å². The zero-order chi connectivity index (χ0) is 16.8. The fraction of sp³-hybridized carbons (Fsp3) is 0.278. The number of Topliss-reactive ketones (excluding diaryl/α,β-unsaturated/α-hetero) is 1. The molecule has 0 unspecified atom stereocenters. The van der Waals surface area contributed by atoms with Gasteiger partial charge in [0.15, 0.2) is 5.78 Å². The van der Waals surface area contributed by atoms with E-state index in [4.69, 9.17) is 16.0 Å². The van der Waals surface area contributed by atoms with Gasteiger partial charge in [-0.1, -0.05) is 37.6 Å². The molecule has 0 fully saturated rings. The molecule has 1 aliphatic carbocycles. The van der Waals surface area contributed by atoms with Crippen molar-refractivity contribution in [2.24, 2.45) is 5.41 Å². The van der Waals surface area contributed by atoms with Gasteiger partial charge in [-0.05, 0) is 23.1 Å². The Hall–Kier alpha value is -2.38. The number of carbonyl (C=O) groups is 1. The maximum Gasteiger partial charge on any atom is 0.354 e. The third kappa shape index (κ3) is 2.69. The monoisotopic (exact) mass is 327 g/mol. The van der Waals surface area contributed by atoms with Gasteiger partial charge in [0, 0.05) is 23.4 Å². The van der Waals surface area contributed by atoms with Crippen molar-refractivity contribution in [3.05, 3.63) is 56.6 Å². The highest BCUT2D eigenvalue weighted by Crippen LogP contribution is 2.39. The lowest BCUT2D eigenvalue weighted by Gasteiger charge is -2.30. The second kappa shape index (κ2) is 5.36. The van der Waals surface area contributed by atoms with Crippen LogP contribution in [0.4, 0.5) is 0 Å². The fourth-order valence-corrected chi connectivity index (χ4v) is 3.15. The van der Waals surface area contributed by atoms with Crippen LogP contribution in [0, 0.1) is 16.7 Å². The first kappa shape index (κ1) is 15.5. The fourth-order valence-electron chi connectivity index (χ4n) is 3.03. The number of fused-ring (bicyclic) bond motifs is 1. The first-order chi connectivity index (χ1) is 10.8. The van der Waals surface area contributed by atoms with Gasteiger partial charge in [-0.2, -0.15) is 5.26 Å². The van der Waals surface area contributed by atoms with Crippen molar-refractivity contribution in [2.75, 3.05) is 0 Å². The molecule has 1 aromatic heterocycles. The van der Waals surface area contributed by atoms with E-state index in [0.29, 0.717) is 40.3 Å². The van der Waals surface area contributed by atoms with Crippen molar-refractivity contribution in [1.82, 2.24) is 0 Å². The van der Waals surface area contributed by atoms with Crippen molar-refractivity contribution in [2.45, 2.75) is 26.7 Å². The molecular formula is C18H14ClNO3. The first-order valence-electron chi connectivity index (χ1n) is 7.21. The normalized spacial score (nSPS) is 15.8. The van der Waals surface area contributed by atoms with E-state index < -0.39 is 5.63 Å². The SMILES string of the molecule is CC1(C)CC(=O)c2c(oc(=O)c(C#N)c2-c2ccc(Cl)cc2)C1. The molecule has 0 saturated heterocycles. The average molecular weight is 328 g/mol. The summed E-state index contributed by atoms with van der Waals surface area (Å²) in [6.45, 7) is 3.90. The Morgan fingerprint density at radius 2 is 1.78 bits per heavy atom. The van der Waals surface area contributed by atoms with E-state index >= 15 is 0 Å². The maximum absolute atomic E-state index is 12.6. The highest BCUT2D eigenvalue weighted by atomic mass is 35.5. The van der Waals surface area contributed by atoms with Crippen LogP contribution in [0.1, 0.15) is 41.9 Å². The number of rotatable bonds is 1. The molecule has 1 aliphatic rings. The Bertz CT molecular complexity index is 902. The molecule has 3 rings (SSSR count). The summed E-state index contributed by atoms with van der Waals surface area (Å²) in [7, 11) is 0. The van der Waals surface area contributed by atoms with Crippen molar-refractivity contribution >= 4 is 17.4 Å². The smallest absolute Gasteiger partial charge is 0.354 e. The third-order valence-corrected chi connectivity index (χ3v) is 4.25. The Kier molecular flexibility index (Phi) is 3.62. The van der Waals surface area contributed by atoms with E-state index in [1.54, 1.807) is 24.3 Å². The summed E-state index contributed by atoms with van der Waals surface area (Å²) < 4.78 is 5.29. The van der Waals surface area contributed by atoms with Gasteiger partial charge < -0.3 is 4.42 Å². The van der Waals surface area contributed by atoms with Gasteiger partial charge in [0.2, 0.25) is 0 Å². The van der Waals surface area contributed by atoms with Crippen LogP contribution in [0.3, 0.4) is 0 Å². The van der Waals surface area contributed by atoms with E-state index in [1.165, 1.54) is 0 Å². The molecule has 0 saturated carbocycles. The highest BCUT2D eigenvalue weighted by molar-refractivity contribution is 6.30. The van der Waals surface area contributed by atoms with Crippen LogP contribution >= 0.6 is 11.6 Å². The molecule has 0 aliphatic heterocycles. The second-order valence-electron chi connectivity index (χ2n) is 6.50. The number of hydrogen-bond donors (Lipinski definition) is 0. The molecule has 23 heavy (non-hydrogen) atoms. The van der Waals surface area contributed by atoms with Crippen LogP contribution in [0.25, 0.3) is 11.1 Å². The van der Waals surface area contributed by atoms with Crippen molar-refractivity contribution < 1.29 is 9.21 Å². The van der Waals surface area contributed by atoms with Gasteiger partial charge in [-0.15, -0.1) is 0 Å². The van der Waals surface area contributed by atoms with Crippen LogP contribution in [0.15, 0.2) is 33.5 Å². The Morgan fingerprint density at radius 3 is 2.39 bits per heavy atom. The molecule has 1 aromatic carbocycles. The molecule has 2 aromatic rings. The molecule has 0 spiro atoms. The van der Waals surface area contributed by atoms with Crippen molar-refractivity contribution in [3.8, 4) is 17.2 Å². The molecule has 0 radical (unpaired) electrons. The summed E-state index contributed by atoms with van der Waals surface area (Å²) in [5.41, 5.74) is 0.202. The van der Waals surface area contributed by atoms with Crippen LogP contribution in [0.5, 0.6) is 0 Å². The standard InChI is InChI=1S/C18H14ClNO3/c1-18(2)7-13(21)16-14(8-18)23-17(22)12(9-20)15(16)10-3-5-11(19)6-4-10/h3-6H,7-8H2,1-2H3. The molecule has 5 heteroatoms. The second-order valence-corrected chi connectivity index (χ2v) is 6.93.